The fraction of sp³-hybridized carbons (Fsp3) is 0.375. The molecule has 2 N–H and O–H groups in total. The van der Waals surface area contributed by atoms with E-state index in [0.29, 0.717) is 22.1 Å². The van der Waals surface area contributed by atoms with Crippen molar-refractivity contribution in [2.24, 2.45) is 5.92 Å². The van der Waals surface area contributed by atoms with Crippen LogP contribution in [0, 0.1) is 19.8 Å². The Bertz CT molecular complexity index is 1350. The van der Waals surface area contributed by atoms with E-state index in [9.17, 15) is 13.2 Å². The lowest BCUT2D eigenvalue weighted by molar-refractivity contribution is -0.119. The molecule has 4 rings (SSSR count). The third kappa shape index (κ3) is 5.40. The minimum atomic E-state index is -3.96. The molecule has 0 unspecified atom stereocenters. The first-order chi connectivity index (χ1) is 16.7. The number of carbonyl (C=O) groups is 1. The van der Waals surface area contributed by atoms with E-state index in [1.807, 2.05) is 13.0 Å². The number of nitrogens with one attached hydrogen (secondary N) is 2. The van der Waals surface area contributed by atoms with Crippen LogP contribution in [0.1, 0.15) is 36.9 Å². The SMILES string of the molecule is COc1ccc(NS(=O)(=O)c2cc(-c3sc(NC(=O)C4CCCC4)nc3C)ccc2C)c(OC)n1. The summed E-state index contributed by atoms with van der Waals surface area (Å²) >= 11 is 1.34. The number of benzene rings is 1. The fourth-order valence-corrected chi connectivity index (χ4v) is 6.41. The van der Waals surface area contributed by atoms with Crippen LogP contribution in [0.3, 0.4) is 0 Å². The molecule has 0 saturated heterocycles. The summed E-state index contributed by atoms with van der Waals surface area (Å²) in [5.41, 5.74) is 2.20. The van der Waals surface area contributed by atoms with E-state index in [4.69, 9.17) is 9.47 Å². The summed E-state index contributed by atoms with van der Waals surface area (Å²) in [5, 5.41) is 3.45. The summed E-state index contributed by atoms with van der Waals surface area (Å²) < 4.78 is 39.5. The standard InChI is InChI=1S/C24H28N4O5S2/c1-14-9-10-17(21-15(2)25-24(34-21)27-22(29)16-7-5-6-8-16)13-19(14)35(30,31)28-18-11-12-20(32-3)26-23(18)33-4/h9-13,16,28H,5-8H2,1-4H3,(H,25,27,29). The van der Waals surface area contributed by atoms with E-state index in [2.05, 4.69) is 20.0 Å². The molecule has 1 aliphatic rings. The number of anilines is 2. The first-order valence-electron chi connectivity index (χ1n) is 11.2. The second-order valence-corrected chi connectivity index (χ2v) is 11.1. The number of aryl methyl sites for hydroxylation is 2. The third-order valence-corrected chi connectivity index (χ3v) is 8.60. The lowest BCUT2D eigenvalue weighted by Crippen LogP contribution is -2.20. The van der Waals surface area contributed by atoms with Crippen LogP contribution >= 0.6 is 11.3 Å². The fourth-order valence-electron chi connectivity index (χ4n) is 4.11. The average molecular weight is 517 g/mol. The van der Waals surface area contributed by atoms with Crippen LogP contribution in [0.15, 0.2) is 35.2 Å². The van der Waals surface area contributed by atoms with Crippen molar-refractivity contribution in [2.75, 3.05) is 24.3 Å². The molecule has 9 nitrogen and oxygen atoms in total. The van der Waals surface area contributed by atoms with Gasteiger partial charge in [-0.05, 0) is 49.9 Å². The summed E-state index contributed by atoms with van der Waals surface area (Å²) in [7, 11) is -1.09. The van der Waals surface area contributed by atoms with Crippen LogP contribution in [0.25, 0.3) is 10.4 Å². The van der Waals surface area contributed by atoms with Gasteiger partial charge in [-0.25, -0.2) is 13.4 Å². The summed E-state index contributed by atoms with van der Waals surface area (Å²) in [6.45, 7) is 3.58. The number of thiazole rings is 1. The summed E-state index contributed by atoms with van der Waals surface area (Å²) in [6.07, 6.45) is 3.97. The summed E-state index contributed by atoms with van der Waals surface area (Å²) in [4.78, 5) is 22.1. The zero-order valence-corrected chi connectivity index (χ0v) is 21.7. The highest BCUT2D eigenvalue weighted by molar-refractivity contribution is 7.92. The summed E-state index contributed by atoms with van der Waals surface area (Å²) in [5.74, 6) is 0.442. The second kappa shape index (κ2) is 10.2. The van der Waals surface area contributed by atoms with Crippen molar-refractivity contribution >= 4 is 38.1 Å². The maximum absolute atomic E-state index is 13.3. The highest BCUT2D eigenvalue weighted by Crippen LogP contribution is 2.36. The number of nitrogens with zero attached hydrogens (tertiary/aromatic N) is 2. The molecule has 1 aromatic carbocycles. The molecule has 0 bridgehead atoms. The van der Waals surface area contributed by atoms with Crippen molar-refractivity contribution in [1.29, 1.82) is 0 Å². The van der Waals surface area contributed by atoms with Crippen LogP contribution in [0.5, 0.6) is 11.8 Å². The highest BCUT2D eigenvalue weighted by Gasteiger charge is 2.25. The van der Waals surface area contributed by atoms with Crippen LogP contribution in [0.4, 0.5) is 10.8 Å². The van der Waals surface area contributed by atoms with Gasteiger partial charge in [-0.15, -0.1) is 0 Å². The van der Waals surface area contributed by atoms with Crippen molar-refractivity contribution in [3.63, 3.8) is 0 Å². The number of sulfonamides is 1. The zero-order valence-electron chi connectivity index (χ0n) is 20.0. The number of hydrogen-bond donors (Lipinski definition) is 2. The number of pyridine rings is 1. The largest absolute Gasteiger partial charge is 0.481 e. The molecule has 1 saturated carbocycles. The Morgan fingerprint density at radius 2 is 1.80 bits per heavy atom. The van der Waals surface area contributed by atoms with Crippen LogP contribution in [-0.4, -0.2) is 38.5 Å². The lowest BCUT2D eigenvalue weighted by Gasteiger charge is -2.14. The number of hydrogen-bond acceptors (Lipinski definition) is 8. The number of aromatic nitrogens is 2. The van der Waals surface area contributed by atoms with Crippen molar-refractivity contribution in [2.45, 2.75) is 44.4 Å². The molecule has 2 heterocycles. The molecular formula is C24H28N4O5S2. The molecule has 11 heteroatoms. The summed E-state index contributed by atoms with van der Waals surface area (Å²) in [6, 6.07) is 8.31. The van der Waals surface area contributed by atoms with Gasteiger partial charge in [-0.1, -0.05) is 36.3 Å². The highest BCUT2D eigenvalue weighted by atomic mass is 32.2. The number of carbonyl (C=O) groups excluding carboxylic acids is 1. The van der Waals surface area contributed by atoms with Crippen molar-refractivity contribution in [3.05, 3.63) is 41.6 Å². The van der Waals surface area contributed by atoms with Crippen molar-refractivity contribution in [1.82, 2.24) is 9.97 Å². The number of rotatable bonds is 8. The molecule has 186 valence electrons. The van der Waals surface area contributed by atoms with Crippen molar-refractivity contribution in [3.8, 4) is 22.2 Å². The molecule has 1 fully saturated rings. The molecule has 2 aromatic heterocycles. The molecule has 3 aromatic rings. The number of ether oxygens (including phenoxy) is 2. The Labute approximate surface area is 209 Å². The second-order valence-electron chi connectivity index (χ2n) is 8.40. The van der Waals surface area contributed by atoms with Crippen LogP contribution in [-0.2, 0) is 14.8 Å². The van der Waals surface area contributed by atoms with Gasteiger partial charge in [0, 0.05) is 12.0 Å². The van der Waals surface area contributed by atoms with Gasteiger partial charge < -0.3 is 14.8 Å². The van der Waals surface area contributed by atoms with Crippen LogP contribution < -0.4 is 19.5 Å². The van der Waals surface area contributed by atoms with Gasteiger partial charge in [0.1, 0.15) is 5.69 Å². The maximum atomic E-state index is 13.3. The molecule has 1 aliphatic carbocycles. The smallest absolute Gasteiger partial charge is 0.262 e. The topological polar surface area (TPSA) is 120 Å². The van der Waals surface area contributed by atoms with Gasteiger partial charge in [-0.2, -0.15) is 4.98 Å². The Morgan fingerprint density at radius 1 is 1.06 bits per heavy atom. The predicted molar refractivity (Wildman–Crippen MR) is 136 cm³/mol. The van der Waals surface area contributed by atoms with Gasteiger partial charge in [0.05, 0.1) is 29.7 Å². The van der Waals surface area contributed by atoms with Gasteiger partial charge in [0.2, 0.25) is 17.7 Å². The first kappa shape index (κ1) is 24.9. The van der Waals surface area contributed by atoms with E-state index in [1.165, 1.54) is 31.6 Å². The van der Waals surface area contributed by atoms with E-state index in [0.717, 1.165) is 36.3 Å². The quantitative estimate of drug-likeness (QED) is 0.443. The Kier molecular flexibility index (Phi) is 7.27. The average Bonchev–Trinajstić information content (AvgIpc) is 3.49. The molecule has 0 atom stereocenters. The Balaban J connectivity index is 1.62. The monoisotopic (exact) mass is 516 g/mol. The van der Waals surface area contributed by atoms with E-state index in [-0.39, 0.29) is 28.3 Å². The lowest BCUT2D eigenvalue weighted by atomic mass is 10.1. The molecule has 0 radical (unpaired) electrons. The maximum Gasteiger partial charge on any atom is 0.262 e. The van der Waals surface area contributed by atoms with E-state index in [1.54, 1.807) is 25.1 Å². The first-order valence-corrected chi connectivity index (χ1v) is 13.5. The number of methoxy groups -OCH3 is 2. The minimum Gasteiger partial charge on any atom is -0.481 e. The predicted octanol–water partition coefficient (Wildman–Crippen LogP) is 4.77. The normalized spacial score (nSPS) is 14.1. The molecule has 0 spiro atoms. The van der Waals surface area contributed by atoms with Crippen molar-refractivity contribution < 1.29 is 22.7 Å². The van der Waals surface area contributed by atoms with Gasteiger partial charge in [0.25, 0.3) is 10.0 Å². The Hall–Kier alpha value is -3.18. The number of amides is 1. The molecule has 1 amide bonds. The molecule has 0 aliphatic heterocycles. The minimum absolute atomic E-state index is 0.00113. The third-order valence-electron chi connectivity index (χ3n) is 5.97. The molecule has 35 heavy (non-hydrogen) atoms. The zero-order chi connectivity index (χ0) is 25.2. The van der Waals surface area contributed by atoms with E-state index >= 15 is 0 Å². The van der Waals surface area contributed by atoms with E-state index < -0.39 is 10.0 Å². The molecular weight excluding hydrogens is 488 g/mol. The van der Waals surface area contributed by atoms with Gasteiger partial charge in [-0.3, -0.25) is 9.52 Å². The van der Waals surface area contributed by atoms with Gasteiger partial charge >= 0.3 is 0 Å². The van der Waals surface area contributed by atoms with Crippen LogP contribution in [0.2, 0.25) is 0 Å². The van der Waals surface area contributed by atoms with Gasteiger partial charge in [0.15, 0.2) is 5.13 Å². The Morgan fingerprint density at radius 3 is 2.49 bits per heavy atom.